The maximum atomic E-state index is 5.94. The number of halogens is 1. The number of hydrogen-bond donors (Lipinski definition) is 1. The lowest BCUT2D eigenvalue weighted by Gasteiger charge is -2.03. The van der Waals surface area contributed by atoms with Gasteiger partial charge in [-0.15, -0.1) is 0 Å². The van der Waals surface area contributed by atoms with E-state index in [0.29, 0.717) is 15.5 Å². The first-order valence-electron chi connectivity index (χ1n) is 3.65. The SMILES string of the molecule is S=c1nc[nH]c(Cl)c1-n1cccc1. The zero-order valence-corrected chi connectivity index (χ0v) is 8.14. The van der Waals surface area contributed by atoms with Gasteiger partial charge < -0.3 is 9.55 Å². The molecule has 0 unspecified atom stereocenters. The fourth-order valence-corrected chi connectivity index (χ4v) is 1.63. The molecule has 0 fully saturated rings. The van der Waals surface area contributed by atoms with Crippen molar-refractivity contribution in [1.82, 2.24) is 14.5 Å². The number of nitrogens with zero attached hydrogens (tertiary/aromatic N) is 2. The zero-order chi connectivity index (χ0) is 9.26. The number of aromatic nitrogens is 3. The highest BCUT2D eigenvalue weighted by Crippen LogP contribution is 2.17. The van der Waals surface area contributed by atoms with Crippen LogP contribution < -0.4 is 0 Å². The molecule has 0 aromatic carbocycles. The van der Waals surface area contributed by atoms with Gasteiger partial charge >= 0.3 is 0 Å². The molecule has 2 aromatic rings. The second-order valence-corrected chi connectivity index (χ2v) is 3.23. The van der Waals surface area contributed by atoms with E-state index >= 15 is 0 Å². The lowest BCUT2D eigenvalue weighted by molar-refractivity contribution is 1.01. The van der Waals surface area contributed by atoms with Crippen molar-refractivity contribution in [2.24, 2.45) is 0 Å². The van der Waals surface area contributed by atoms with E-state index in [0.717, 1.165) is 0 Å². The summed E-state index contributed by atoms with van der Waals surface area (Å²) in [6.07, 6.45) is 5.22. The van der Waals surface area contributed by atoms with Crippen LogP contribution in [0.1, 0.15) is 0 Å². The number of aromatic amines is 1. The molecule has 1 N–H and O–H groups in total. The van der Waals surface area contributed by atoms with E-state index in [4.69, 9.17) is 23.8 Å². The number of rotatable bonds is 1. The Hall–Kier alpha value is -1.13. The Morgan fingerprint density at radius 2 is 2.08 bits per heavy atom. The standard InChI is InChI=1S/C8H6ClN3S/c9-7-6(8(13)11-5-10-7)12-3-1-2-4-12/h1-5H,(H,10,11,13). The van der Waals surface area contributed by atoms with Crippen LogP contribution in [0.25, 0.3) is 5.69 Å². The van der Waals surface area contributed by atoms with Crippen LogP contribution in [-0.2, 0) is 0 Å². The van der Waals surface area contributed by atoms with Crippen molar-refractivity contribution in [1.29, 1.82) is 0 Å². The zero-order valence-electron chi connectivity index (χ0n) is 6.57. The second-order valence-electron chi connectivity index (χ2n) is 2.46. The average molecular weight is 212 g/mol. The Morgan fingerprint density at radius 3 is 2.69 bits per heavy atom. The molecule has 0 aliphatic heterocycles. The largest absolute Gasteiger partial charge is 0.335 e. The Kier molecular flexibility index (Phi) is 2.16. The lowest BCUT2D eigenvalue weighted by Crippen LogP contribution is -1.95. The highest BCUT2D eigenvalue weighted by atomic mass is 35.5. The van der Waals surface area contributed by atoms with Gasteiger partial charge in [0.15, 0.2) is 4.64 Å². The molecular weight excluding hydrogens is 206 g/mol. The van der Waals surface area contributed by atoms with E-state index in [-0.39, 0.29) is 0 Å². The van der Waals surface area contributed by atoms with E-state index in [1.165, 1.54) is 6.33 Å². The average Bonchev–Trinajstić information content (AvgIpc) is 2.57. The van der Waals surface area contributed by atoms with E-state index in [9.17, 15) is 0 Å². The van der Waals surface area contributed by atoms with Gasteiger partial charge in [0.2, 0.25) is 0 Å². The van der Waals surface area contributed by atoms with Crippen LogP contribution in [0.15, 0.2) is 30.9 Å². The molecule has 0 aliphatic carbocycles. The summed E-state index contributed by atoms with van der Waals surface area (Å²) >= 11 is 11.0. The molecule has 0 saturated heterocycles. The van der Waals surface area contributed by atoms with E-state index in [1.54, 1.807) is 0 Å². The normalized spacial score (nSPS) is 10.2. The summed E-state index contributed by atoms with van der Waals surface area (Å²) in [4.78, 5) is 6.75. The first kappa shape index (κ1) is 8.47. The molecule has 2 aromatic heterocycles. The summed E-state index contributed by atoms with van der Waals surface area (Å²) in [6.45, 7) is 0. The third kappa shape index (κ3) is 1.50. The van der Waals surface area contributed by atoms with Gasteiger partial charge in [-0.2, -0.15) is 0 Å². The van der Waals surface area contributed by atoms with Crippen LogP contribution in [-0.4, -0.2) is 14.5 Å². The molecular formula is C8H6ClN3S. The monoisotopic (exact) mass is 211 g/mol. The van der Waals surface area contributed by atoms with Crippen LogP contribution in [0.2, 0.25) is 5.15 Å². The third-order valence-corrected chi connectivity index (χ3v) is 2.23. The smallest absolute Gasteiger partial charge is 0.154 e. The maximum Gasteiger partial charge on any atom is 0.154 e. The molecule has 66 valence electrons. The summed E-state index contributed by atoms with van der Waals surface area (Å²) in [5.41, 5.74) is 0.712. The third-order valence-electron chi connectivity index (χ3n) is 1.65. The van der Waals surface area contributed by atoms with Gasteiger partial charge in [-0.3, -0.25) is 0 Å². The summed E-state index contributed by atoms with van der Waals surface area (Å²) in [5.74, 6) is 0. The minimum Gasteiger partial charge on any atom is -0.335 e. The Labute approximate surface area is 85.0 Å². The summed E-state index contributed by atoms with van der Waals surface area (Å²) in [6, 6.07) is 3.80. The van der Waals surface area contributed by atoms with Crippen molar-refractivity contribution in [2.75, 3.05) is 0 Å². The molecule has 2 heterocycles. The van der Waals surface area contributed by atoms with Crippen molar-refractivity contribution < 1.29 is 0 Å². The molecule has 0 saturated carbocycles. The van der Waals surface area contributed by atoms with Crippen LogP contribution in [0.3, 0.4) is 0 Å². The van der Waals surface area contributed by atoms with Crippen molar-refractivity contribution in [3.8, 4) is 5.69 Å². The maximum absolute atomic E-state index is 5.94. The molecule has 3 nitrogen and oxygen atoms in total. The summed E-state index contributed by atoms with van der Waals surface area (Å²) in [7, 11) is 0. The molecule has 5 heteroatoms. The van der Waals surface area contributed by atoms with Gasteiger partial charge in [-0.05, 0) is 12.1 Å². The van der Waals surface area contributed by atoms with Crippen LogP contribution in [0, 0.1) is 4.64 Å². The molecule has 2 rings (SSSR count). The van der Waals surface area contributed by atoms with Gasteiger partial charge in [-0.25, -0.2) is 4.98 Å². The Morgan fingerprint density at radius 1 is 1.38 bits per heavy atom. The van der Waals surface area contributed by atoms with E-state index < -0.39 is 0 Å². The molecule has 0 atom stereocenters. The quantitative estimate of drug-likeness (QED) is 0.581. The van der Waals surface area contributed by atoms with Gasteiger partial charge in [0.05, 0.1) is 6.33 Å². The predicted octanol–water partition coefficient (Wildman–Crippen LogP) is 2.58. The Bertz CT molecular complexity index is 460. The van der Waals surface area contributed by atoms with E-state index in [2.05, 4.69) is 9.97 Å². The minimum atomic E-state index is 0.486. The molecule has 0 bridgehead atoms. The molecule has 0 aliphatic rings. The fourth-order valence-electron chi connectivity index (χ4n) is 1.08. The van der Waals surface area contributed by atoms with Crippen molar-refractivity contribution >= 4 is 23.8 Å². The van der Waals surface area contributed by atoms with Crippen LogP contribution in [0.4, 0.5) is 0 Å². The van der Waals surface area contributed by atoms with Gasteiger partial charge in [0.25, 0.3) is 0 Å². The summed E-state index contributed by atoms with van der Waals surface area (Å²) in [5, 5.41) is 0.496. The van der Waals surface area contributed by atoms with Gasteiger partial charge in [0.1, 0.15) is 10.8 Å². The first-order chi connectivity index (χ1) is 6.29. The molecule has 13 heavy (non-hydrogen) atoms. The topological polar surface area (TPSA) is 33.6 Å². The van der Waals surface area contributed by atoms with Crippen molar-refractivity contribution in [2.45, 2.75) is 0 Å². The number of nitrogens with one attached hydrogen (secondary N) is 1. The number of H-pyrrole nitrogens is 1. The highest BCUT2D eigenvalue weighted by molar-refractivity contribution is 7.71. The second kappa shape index (κ2) is 3.32. The fraction of sp³-hybridized carbons (Fsp3) is 0. The van der Waals surface area contributed by atoms with Crippen molar-refractivity contribution in [3.05, 3.63) is 40.6 Å². The first-order valence-corrected chi connectivity index (χ1v) is 4.44. The van der Waals surface area contributed by atoms with Crippen LogP contribution in [0.5, 0.6) is 0 Å². The highest BCUT2D eigenvalue weighted by Gasteiger charge is 2.03. The molecule has 0 amide bonds. The van der Waals surface area contributed by atoms with Crippen molar-refractivity contribution in [3.63, 3.8) is 0 Å². The van der Waals surface area contributed by atoms with Crippen LogP contribution >= 0.6 is 23.8 Å². The van der Waals surface area contributed by atoms with Gasteiger partial charge in [-0.1, -0.05) is 23.8 Å². The lowest BCUT2D eigenvalue weighted by atomic mass is 10.5. The van der Waals surface area contributed by atoms with E-state index in [1.807, 2.05) is 29.1 Å². The summed E-state index contributed by atoms with van der Waals surface area (Å²) < 4.78 is 2.31. The minimum absolute atomic E-state index is 0.486. The van der Waals surface area contributed by atoms with Gasteiger partial charge in [0, 0.05) is 12.4 Å². The Balaban J connectivity index is 2.71. The predicted molar refractivity (Wildman–Crippen MR) is 53.8 cm³/mol. The molecule has 0 spiro atoms. The molecule has 0 radical (unpaired) electrons. The number of hydrogen-bond acceptors (Lipinski definition) is 2.